The first-order valence-electron chi connectivity index (χ1n) is 7.83. The third kappa shape index (κ3) is 2.37. The summed E-state index contributed by atoms with van der Waals surface area (Å²) in [4.78, 5) is 0. The summed E-state index contributed by atoms with van der Waals surface area (Å²) in [6.45, 7) is 0.281. The van der Waals surface area contributed by atoms with E-state index in [1.807, 2.05) is 54.6 Å². The van der Waals surface area contributed by atoms with Crippen molar-refractivity contribution < 1.29 is 9.47 Å². The molecule has 1 heterocycles. The maximum atomic E-state index is 6.26. The highest BCUT2D eigenvalue weighted by atomic mass is 16.7. The molecule has 0 saturated carbocycles. The molecule has 0 aromatic heterocycles. The number of benzene rings is 3. The smallest absolute Gasteiger partial charge is 0.151 e. The van der Waals surface area contributed by atoms with E-state index in [0.29, 0.717) is 0 Å². The average molecular weight is 302 g/mol. The lowest BCUT2D eigenvalue weighted by Gasteiger charge is -2.34. The van der Waals surface area contributed by atoms with Crippen LogP contribution in [0.15, 0.2) is 91.0 Å². The minimum absolute atomic E-state index is 0.173. The largest absolute Gasteiger partial charge is 0.344 e. The summed E-state index contributed by atoms with van der Waals surface area (Å²) in [5.74, 6) is 0. The molecule has 114 valence electrons. The molecule has 1 aliphatic rings. The lowest BCUT2D eigenvalue weighted by atomic mass is 9.79. The number of hydrogen-bond donors (Lipinski definition) is 0. The summed E-state index contributed by atoms with van der Waals surface area (Å²) < 4.78 is 12.3. The van der Waals surface area contributed by atoms with Gasteiger partial charge in [0.15, 0.2) is 5.60 Å². The van der Waals surface area contributed by atoms with Crippen molar-refractivity contribution >= 4 is 0 Å². The fourth-order valence-corrected chi connectivity index (χ4v) is 3.35. The summed E-state index contributed by atoms with van der Waals surface area (Å²) in [6.07, 6.45) is -0.173. The van der Waals surface area contributed by atoms with Gasteiger partial charge in [-0.05, 0) is 16.7 Å². The van der Waals surface area contributed by atoms with Crippen LogP contribution in [0.3, 0.4) is 0 Å². The first kappa shape index (κ1) is 14.2. The molecule has 3 aromatic carbocycles. The Bertz CT molecular complexity index is 714. The summed E-state index contributed by atoms with van der Waals surface area (Å²) in [5.41, 5.74) is 2.72. The molecular weight excluding hydrogens is 284 g/mol. The van der Waals surface area contributed by atoms with E-state index in [9.17, 15) is 0 Å². The zero-order valence-electron chi connectivity index (χ0n) is 12.8. The van der Waals surface area contributed by atoms with Gasteiger partial charge in [0, 0.05) is 0 Å². The summed E-state index contributed by atoms with van der Waals surface area (Å²) in [6, 6.07) is 31.0. The van der Waals surface area contributed by atoms with Crippen LogP contribution in [0.1, 0.15) is 22.8 Å². The minimum Gasteiger partial charge on any atom is -0.344 e. The van der Waals surface area contributed by atoms with Crippen molar-refractivity contribution in [1.29, 1.82) is 0 Å². The van der Waals surface area contributed by atoms with Gasteiger partial charge in [-0.1, -0.05) is 91.0 Å². The van der Waals surface area contributed by atoms with Gasteiger partial charge in [0.1, 0.15) is 12.9 Å². The first-order valence-corrected chi connectivity index (χ1v) is 7.83. The van der Waals surface area contributed by atoms with Crippen LogP contribution in [0.5, 0.6) is 0 Å². The predicted octanol–water partition coefficient (Wildman–Crippen LogP) is 4.68. The van der Waals surface area contributed by atoms with Crippen LogP contribution in [-0.2, 0) is 15.1 Å². The molecule has 2 heteroatoms. The molecule has 1 fully saturated rings. The van der Waals surface area contributed by atoms with Gasteiger partial charge in [-0.25, -0.2) is 0 Å². The van der Waals surface area contributed by atoms with Gasteiger partial charge >= 0.3 is 0 Å². The monoisotopic (exact) mass is 302 g/mol. The van der Waals surface area contributed by atoms with Crippen LogP contribution in [-0.4, -0.2) is 6.79 Å². The van der Waals surface area contributed by atoms with E-state index in [4.69, 9.17) is 9.47 Å². The average Bonchev–Trinajstić information content (AvgIpc) is 3.10. The van der Waals surface area contributed by atoms with Gasteiger partial charge in [-0.3, -0.25) is 0 Å². The van der Waals surface area contributed by atoms with E-state index in [1.54, 1.807) is 0 Å². The van der Waals surface area contributed by atoms with Gasteiger partial charge in [0.2, 0.25) is 0 Å². The van der Waals surface area contributed by atoms with Crippen LogP contribution in [0.4, 0.5) is 0 Å². The van der Waals surface area contributed by atoms with Crippen molar-refractivity contribution in [1.82, 2.24) is 0 Å². The van der Waals surface area contributed by atoms with E-state index in [1.165, 1.54) is 0 Å². The minimum atomic E-state index is -0.621. The topological polar surface area (TPSA) is 18.5 Å². The van der Waals surface area contributed by atoms with Gasteiger partial charge in [-0.2, -0.15) is 0 Å². The van der Waals surface area contributed by atoms with Crippen molar-refractivity contribution in [2.75, 3.05) is 6.79 Å². The molecule has 3 aromatic rings. The highest BCUT2D eigenvalue weighted by molar-refractivity contribution is 5.41. The molecule has 0 unspecified atom stereocenters. The second-order valence-corrected chi connectivity index (χ2v) is 5.69. The molecule has 1 aliphatic heterocycles. The number of hydrogen-bond acceptors (Lipinski definition) is 2. The Morgan fingerprint density at radius 2 is 1.13 bits per heavy atom. The highest BCUT2D eigenvalue weighted by Crippen LogP contribution is 2.49. The van der Waals surface area contributed by atoms with Crippen LogP contribution >= 0.6 is 0 Å². The van der Waals surface area contributed by atoms with Crippen LogP contribution < -0.4 is 0 Å². The molecule has 2 nitrogen and oxygen atoms in total. The lowest BCUT2D eigenvalue weighted by Crippen LogP contribution is -2.33. The van der Waals surface area contributed by atoms with E-state index < -0.39 is 5.60 Å². The van der Waals surface area contributed by atoms with Crippen LogP contribution in [0.25, 0.3) is 0 Å². The third-order valence-electron chi connectivity index (χ3n) is 4.40. The Hall–Kier alpha value is -2.42. The van der Waals surface area contributed by atoms with Crippen LogP contribution in [0, 0.1) is 0 Å². The number of ether oxygens (including phenoxy) is 2. The van der Waals surface area contributed by atoms with Crippen LogP contribution in [0.2, 0.25) is 0 Å². The molecule has 0 spiro atoms. The Labute approximate surface area is 136 Å². The second kappa shape index (κ2) is 5.99. The van der Waals surface area contributed by atoms with Crippen molar-refractivity contribution in [3.8, 4) is 0 Å². The Morgan fingerprint density at radius 3 is 1.65 bits per heavy atom. The summed E-state index contributed by atoms with van der Waals surface area (Å²) in [5, 5.41) is 0. The van der Waals surface area contributed by atoms with Crippen molar-refractivity contribution in [2.45, 2.75) is 11.7 Å². The zero-order valence-corrected chi connectivity index (χ0v) is 12.8. The van der Waals surface area contributed by atoms with Crippen molar-refractivity contribution in [3.63, 3.8) is 0 Å². The molecule has 0 N–H and O–H groups in total. The first-order chi connectivity index (χ1) is 11.4. The second-order valence-electron chi connectivity index (χ2n) is 5.69. The molecule has 0 amide bonds. The van der Waals surface area contributed by atoms with Gasteiger partial charge in [-0.15, -0.1) is 0 Å². The number of rotatable bonds is 3. The van der Waals surface area contributed by atoms with E-state index >= 15 is 0 Å². The maximum Gasteiger partial charge on any atom is 0.151 e. The summed E-state index contributed by atoms with van der Waals surface area (Å²) in [7, 11) is 0. The molecule has 0 aliphatic carbocycles. The fraction of sp³-hybridized carbons (Fsp3) is 0.143. The Morgan fingerprint density at radius 1 is 0.652 bits per heavy atom. The Kier molecular flexibility index (Phi) is 3.70. The SMILES string of the molecule is c1ccc([C@@H]2OCOC2(c2ccccc2)c2ccccc2)cc1. The molecular formula is C21H18O2. The van der Waals surface area contributed by atoms with Crippen molar-refractivity contribution in [2.24, 2.45) is 0 Å². The van der Waals surface area contributed by atoms with Crippen molar-refractivity contribution in [3.05, 3.63) is 108 Å². The van der Waals surface area contributed by atoms with Gasteiger partial charge in [0.25, 0.3) is 0 Å². The molecule has 1 saturated heterocycles. The lowest BCUT2D eigenvalue weighted by molar-refractivity contribution is 0.0113. The fourth-order valence-electron chi connectivity index (χ4n) is 3.35. The third-order valence-corrected chi connectivity index (χ3v) is 4.40. The zero-order chi connectivity index (χ0) is 15.5. The quantitative estimate of drug-likeness (QED) is 0.699. The van der Waals surface area contributed by atoms with Gasteiger partial charge < -0.3 is 9.47 Å². The standard InChI is InChI=1S/C21H18O2/c1-4-10-17(11-5-1)20-21(23-16-22-20,18-12-6-2-7-13-18)19-14-8-3-9-15-19/h1-15,20H,16H2/t20-/m0/s1. The molecule has 0 radical (unpaired) electrons. The Balaban J connectivity index is 1.93. The van der Waals surface area contributed by atoms with Gasteiger partial charge in [0.05, 0.1) is 0 Å². The van der Waals surface area contributed by atoms with E-state index in [-0.39, 0.29) is 12.9 Å². The molecule has 0 bridgehead atoms. The molecule has 4 rings (SSSR count). The summed E-state index contributed by atoms with van der Waals surface area (Å²) >= 11 is 0. The van der Waals surface area contributed by atoms with E-state index in [0.717, 1.165) is 16.7 Å². The predicted molar refractivity (Wildman–Crippen MR) is 89.9 cm³/mol. The molecule has 1 atom stereocenters. The highest BCUT2D eigenvalue weighted by Gasteiger charge is 2.49. The normalized spacial score (nSPS) is 19.6. The molecule has 23 heavy (non-hydrogen) atoms. The maximum absolute atomic E-state index is 6.26. The van der Waals surface area contributed by atoms with E-state index in [2.05, 4.69) is 36.4 Å².